The van der Waals surface area contributed by atoms with Crippen molar-refractivity contribution in [1.29, 1.82) is 0 Å². The molecule has 1 aromatic rings. The van der Waals surface area contributed by atoms with E-state index in [9.17, 15) is 0 Å². The SMILES string of the molecule is CCc1cccc(CC)c1N=C(N)SC. The van der Waals surface area contributed by atoms with Gasteiger partial charge in [-0.05, 0) is 30.2 Å². The Balaban J connectivity index is 3.22. The molecule has 0 saturated carbocycles. The number of benzene rings is 1. The third-order valence-corrected chi connectivity index (χ3v) is 2.91. The summed E-state index contributed by atoms with van der Waals surface area (Å²) in [5.41, 5.74) is 9.37. The van der Waals surface area contributed by atoms with Gasteiger partial charge in [0, 0.05) is 0 Å². The Hall–Kier alpha value is -0.960. The quantitative estimate of drug-likeness (QED) is 0.630. The highest BCUT2D eigenvalue weighted by molar-refractivity contribution is 8.13. The maximum absolute atomic E-state index is 5.77. The number of nitrogens with zero attached hydrogens (tertiary/aromatic N) is 1. The van der Waals surface area contributed by atoms with E-state index in [-0.39, 0.29) is 0 Å². The molecule has 0 heterocycles. The summed E-state index contributed by atoms with van der Waals surface area (Å²) in [7, 11) is 0. The molecule has 3 heteroatoms. The van der Waals surface area contributed by atoms with Crippen LogP contribution in [0.1, 0.15) is 25.0 Å². The van der Waals surface area contributed by atoms with Gasteiger partial charge in [-0.3, -0.25) is 0 Å². The van der Waals surface area contributed by atoms with Gasteiger partial charge < -0.3 is 5.73 Å². The first-order valence-electron chi connectivity index (χ1n) is 5.21. The van der Waals surface area contributed by atoms with Gasteiger partial charge in [0.2, 0.25) is 0 Å². The molecule has 0 amide bonds. The number of amidine groups is 1. The van der Waals surface area contributed by atoms with E-state index < -0.39 is 0 Å². The van der Waals surface area contributed by atoms with Crippen LogP contribution < -0.4 is 5.73 Å². The summed E-state index contributed by atoms with van der Waals surface area (Å²) in [6.45, 7) is 4.28. The van der Waals surface area contributed by atoms with Crippen molar-refractivity contribution in [1.82, 2.24) is 0 Å². The van der Waals surface area contributed by atoms with Crippen LogP contribution in [0.3, 0.4) is 0 Å². The maximum atomic E-state index is 5.77. The lowest BCUT2D eigenvalue weighted by molar-refractivity contribution is 1.08. The normalized spacial score (nSPS) is 11.8. The lowest BCUT2D eigenvalue weighted by atomic mass is 10.0. The molecule has 0 aliphatic carbocycles. The second-order valence-electron chi connectivity index (χ2n) is 3.29. The van der Waals surface area contributed by atoms with E-state index in [1.165, 1.54) is 22.9 Å². The molecule has 0 spiro atoms. The highest BCUT2D eigenvalue weighted by Crippen LogP contribution is 2.26. The van der Waals surface area contributed by atoms with E-state index in [1.54, 1.807) is 0 Å². The minimum absolute atomic E-state index is 0.630. The van der Waals surface area contributed by atoms with Crippen molar-refractivity contribution in [2.24, 2.45) is 10.7 Å². The molecule has 2 nitrogen and oxygen atoms in total. The minimum atomic E-state index is 0.630. The molecular weight excluding hydrogens is 204 g/mol. The van der Waals surface area contributed by atoms with Gasteiger partial charge in [-0.15, -0.1) is 0 Å². The fourth-order valence-electron chi connectivity index (χ4n) is 1.51. The number of para-hydroxylation sites is 1. The van der Waals surface area contributed by atoms with Crippen molar-refractivity contribution in [2.45, 2.75) is 26.7 Å². The molecule has 0 aliphatic heterocycles. The van der Waals surface area contributed by atoms with Crippen molar-refractivity contribution < 1.29 is 0 Å². The predicted octanol–water partition coefficient (Wildman–Crippen LogP) is 3.12. The van der Waals surface area contributed by atoms with Gasteiger partial charge in [-0.1, -0.05) is 43.8 Å². The number of hydrogen-bond donors (Lipinski definition) is 1. The molecule has 0 unspecified atom stereocenters. The number of rotatable bonds is 3. The van der Waals surface area contributed by atoms with E-state index in [1.807, 2.05) is 6.26 Å². The molecule has 2 N–H and O–H groups in total. The number of nitrogens with two attached hydrogens (primary N) is 1. The van der Waals surface area contributed by atoms with Gasteiger partial charge in [-0.25, -0.2) is 4.99 Å². The Morgan fingerprint density at radius 3 is 2.20 bits per heavy atom. The third-order valence-electron chi connectivity index (χ3n) is 2.40. The lowest BCUT2D eigenvalue weighted by Crippen LogP contribution is -2.05. The highest BCUT2D eigenvalue weighted by atomic mass is 32.2. The Bertz CT molecular complexity index is 336. The Kier molecular flexibility index (Phi) is 4.69. The minimum Gasteiger partial charge on any atom is -0.378 e. The summed E-state index contributed by atoms with van der Waals surface area (Å²) in [5, 5.41) is 0.630. The van der Waals surface area contributed by atoms with E-state index in [2.05, 4.69) is 37.0 Å². The average Bonchev–Trinajstić information content (AvgIpc) is 2.29. The van der Waals surface area contributed by atoms with Crippen LogP contribution >= 0.6 is 11.8 Å². The van der Waals surface area contributed by atoms with E-state index in [0.29, 0.717) is 5.17 Å². The van der Waals surface area contributed by atoms with E-state index in [0.717, 1.165) is 18.5 Å². The molecule has 0 bridgehead atoms. The molecule has 82 valence electrons. The van der Waals surface area contributed by atoms with Crippen molar-refractivity contribution in [3.8, 4) is 0 Å². The molecule has 0 aliphatic rings. The van der Waals surface area contributed by atoms with E-state index in [4.69, 9.17) is 5.73 Å². The van der Waals surface area contributed by atoms with Gasteiger partial charge in [0.1, 0.15) is 0 Å². The largest absolute Gasteiger partial charge is 0.378 e. The van der Waals surface area contributed by atoms with Crippen molar-refractivity contribution >= 4 is 22.6 Å². The van der Waals surface area contributed by atoms with Crippen LogP contribution in [0.25, 0.3) is 0 Å². The molecule has 0 fully saturated rings. The number of thioether (sulfide) groups is 1. The number of aliphatic imine (C=N–C) groups is 1. The summed E-state index contributed by atoms with van der Waals surface area (Å²) >= 11 is 1.49. The van der Waals surface area contributed by atoms with E-state index >= 15 is 0 Å². The predicted molar refractivity (Wildman–Crippen MR) is 70.0 cm³/mol. The van der Waals surface area contributed by atoms with Gasteiger partial charge in [0.05, 0.1) is 5.69 Å². The molecular formula is C12H18N2S. The lowest BCUT2D eigenvalue weighted by Gasteiger charge is -2.08. The summed E-state index contributed by atoms with van der Waals surface area (Å²) in [6, 6.07) is 6.32. The first kappa shape index (κ1) is 12.1. The van der Waals surface area contributed by atoms with Crippen LogP contribution in [0, 0.1) is 0 Å². The number of hydrogen-bond acceptors (Lipinski definition) is 2. The first-order chi connectivity index (χ1) is 7.22. The van der Waals surface area contributed by atoms with Crippen molar-refractivity contribution in [3.63, 3.8) is 0 Å². The van der Waals surface area contributed by atoms with Gasteiger partial charge in [-0.2, -0.15) is 0 Å². The molecule has 0 aromatic heterocycles. The first-order valence-corrected chi connectivity index (χ1v) is 6.44. The van der Waals surface area contributed by atoms with Crippen LogP contribution in [0.2, 0.25) is 0 Å². The zero-order chi connectivity index (χ0) is 11.3. The van der Waals surface area contributed by atoms with Gasteiger partial charge in [0.25, 0.3) is 0 Å². The van der Waals surface area contributed by atoms with Crippen LogP contribution in [0.5, 0.6) is 0 Å². The topological polar surface area (TPSA) is 38.4 Å². The zero-order valence-electron chi connectivity index (χ0n) is 9.58. The Morgan fingerprint density at radius 2 is 1.80 bits per heavy atom. The fourth-order valence-corrected chi connectivity index (χ4v) is 1.70. The molecule has 1 rings (SSSR count). The Labute approximate surface area is 96.0 Å². The second kappa shape index (κ2) is 5.81. The molecule has 1 aromatic carbocycles. The van der Waals surface area contributed by atoms with Crippen LogP contribution in [0.15, 0.2) is 23.2 Å². The highest BCUT2D eigenvalue weighted by Gasteiger charge is 2.05. The van der Waals surface area contributed by atoms with Gasteiger partial charge >= 0.3 is 0 Å². The van der Waals surface area contributed by atoms with Crippen LogP contribution in [-0.2, 0) is 12.8 Å². The molecule has 15 heavy (non-hydrogen) atoms. The standard InChI is InChI=1S/C12H18N2S/c1-4-9-7-6-8-10(5-2)11(9)14-12(13)15-3/h6-8H,4-5H2,1-3H3,(H2,13,14). The summed E-state index contributed by atoms with van der Waals surface area (Å²) in [6.07, 6.45) is 3.93. The molecule has 0 radical (unpaired) electrons. The van der Waals surface area contributed by atoms with Crippen molar-refractivity contribution in [3.05, 3.63) is 29.3 Å². The Morgan fingerprint density at radius 1 is 1.27 bits per heavy atom. The van der Waals surface area contributed by atoms with Crippen molar-refractivity contribution in [2.75, 3.05) is 6.26 Å². The summed E-state index contributed by atoms with van der Waals surface area (Å²) in [4.78, 5) is 4.48. The summed E-state index contributed by atoms with van der Waals surface area (Å²) in [5.74, 6) is 0. The van der Waals surface area contributed by atoms with Crippen LogP contribution in [-0.4, -0.2) is 11.4 Å². The second-order valence-corrected chi connectivity index (χ2v) is 4.11. The fraction of sp³-hybridized carbons (Fsp3) is 0.417. The molecule has 0 saturated heterocycles. The monoisotopic (exact) mass is 222 g/mol. The third kappa shape index (κ3) is 2.99. The zero-order valence-corrected chi connectivity index (χ0v) is 10.4. The average molecular weight is 222 g/mol. The van der Waals surface area contributed by atoms with Gasteiger partial charge in [0.15, 0.2) is 5.17 Å². The maximum Gasteiger partial charge on any atom is 0.158 e. The van der Waals surface area contributed by atoms with Crippen LogP contribution in [0.4, 0.5) is 5.69 Å². The number of aryl methyl sites for hydroxylation is 2. The smallest absolute Gasteiger partial charge is 0.158 e. The molecule has 0 atom stereocenters. The summed E-state index contributed by atoms with van der Waals surface area (Å²) < 4.78 is 0.